The normalized spacial score (nSPS) is 15.0. The van der Waals surface area contributed by atoms with Gasteiger partial charge in [0.1, 0.15) is 12.2 Å². The Labute approximate surface area is 154 Å². The molecular weight excluding hydrogens is 336 g/mol. The molecule has 0 aliphatic carbocycles. The van der Waals surface area contributed by atoms with Gasteiger partial charge < -0.3 is 24.8 Å². The highest BCUT2D eigenvalue weighted by atomic mass is 16.6. The maximum absolute atomic E-state index is 11.7. The number of esters is 1. The van der Waals surface area contributed by atoms with Crippen LogP contribution in [-0.4, -0.2) is 55.4 Å². The van der Waals surface area contributed by atoms with Crippen molar-refractivity contribution in [3.05, 3.63) is 28.8 Å². The highest BCUT2D eigenvalue weighted by molar-refractivity contribution is 5.91. The SMILES string of the molecule is Cc1c(C(=O)O)cc(COCC(=O)OC(C)(C)C)cc1N1CCNCC1. The van der Waals surface area contributed by atoms with E-state index in [0.29, 0.717) is 0 Å². The molecule has 1 aliphatic rings. The first-order valence-corrected chi connectivity index (χ1v) is 8.79. The van der Waals surface area contributed by atoms with Crippen molar-refractivity contribution >= 4 is 17.6 Å². The van der Waals surface area contributed by atoms with Crippen molar-refractivity contribution in [1.29, 1.82) is 0 Å². The number of hydrogen-bond donors (Lipinski definition) is 2. The van der Waals surface area contributed by atoms with Gasteiger partial charge >= 0.3 is 11.9 Å². The molecule has 0 spiro atoms. The smallest absolute Gasteiger partial charge is 0.336 e. The third-order valence-electron chi connectivity index (χ3n) is 4.04. The minimum Gasteiger partial charge on any atom is -0.478 e. The third-order valence-corrected chi connectivity index (χ3v) is 4.04. The fourth-order valence-corrected chi connectivity index (χ4v) is 2.92. The summed E-state index contributed by atoms with van der Waals surface area (Å²) >= 11 is 0. The van der Waals surface area contributed by atoms with Gasteiger partial charge in [-0.05, 0) is 51.0 Å². The maximum atomic E-state index is 11.7. The van der Waals surface area contributed by atoms with E-state index >= 15 is 0 Å². The second-order valence-electron chi connectivity index (χ2n) is 7.41. The van der Waals surface area contributed by atoms with Gasteiger partial charge in [-0.1, -0.05) is 0 Å². The molecule has 0 bridgehead atoms. The van der Waals surface area contributed by atoms with Crippen LogP contribution in [0.15, 0.2) is 12.1 Å². The van der Waals surface area contributed by atoms with Crippen molar-refractivity contribution in [2.75, 3.05) is 37.7 Å². The van der Waals surface area contributed by atoms with Crippen LogP contribution in [-0.2, 0) is 20.9 Å². The molecule has 7 heteroatoms. The number of benzene rings is 1. The van der Waals surface area contributed by atoms with E-state index in [1.165, 1.54) is 0 Å². The number of carbonyl (C=O) groups is 2. The molecule has 26 heavy (non-hydrogen) atoms. The van der Waals surface area contributed by atoms with Crippen LogP contribution in [0.5, 0.6) is 0 Å². The van der Waals surface area contributed by atoms with Crippen LogP contribution in [0, 0.1) is 6.92 Å². The van der Waals surface area contributed by atoms with E-state index < -0.39 is 17.5 Å². The fraction of sp³-hybridized carbons (Fsp3) is 0.579. The van der Waals surface area contributed by atoms with Crippen LogP contribution in [0.3, 0.4) is 0 Å². The van der Waals surface area contributed by atoms with E-state index in [1.807, 2.05) is 13.0 Å². The quantitative estimate of drug-likeness (QED) is 0.746. The summed E-state index contributed by atoms with van der Waals surface area (Å²) in [6, 6.07) is 3.56. The molecule has 1 saturated heterocycles. The summed E-state index contributed by atoms with van der Waals surface area (Å²) in [5.41, 5.74) is 2.08. The number of ether oxygens (including phenoxy) is 2. The van der Waals surface area contributed by atoms with Gasteiger partial charge in [-0.15, -0.1) is 0 Å². The van der Waals surface area contributed by atoms with Crippen LogP contribution in [0.2, 0.25) is 0 Å². The van der Waals surface area contributed by atoms with E-state index in [9.17, 15) is 14.7 Å². The summed E-state index contributed by atoms with van der Waals surface area (Å²) in [4.78, 5) is 25.5. The lowest BCUT2D eigenvalue weighted by Crippen LogP contribution is -2.44. The number of carbonyl (C=O) groups excluding carboxylic acids is 1. The maximum Gasteiger partial charge on any atom is 0.336 e. The van der Waals surface area contributed by atoms with E-state index in [-0.39, 0.29) is 18.8 Å². The molecule has 0 unspecified atom stereocenters. The molecule has 0 amide bonds. The molecule has 2 rings (SSSR count). The van der Waals surface area contributed by atoms with Crippen molar-refractivity contribution < 1.29 is 24.2 Å². The van der Waals surface area contributed by atoms with Crippen molar-refractivity contribution in [2.45, 2.75) is 39.9 Å². The lowest BCUT2D eigenvalue weighted by atomic mass is 10.0. The Hall–Kier alpha value is -2.12. The van der Waals surface area contributed by atoms with Crippen molar-refractivity contribution in [2.24, 2.45) is 0 Å². The summed E-state index contributed by atoms with van der Waals surface area (Å²) < 4.78 is 10.6. The molecule has 0 aromatic heterocycles. The number of anilines is 1. The zero-order chi connectivity index (χ0) is 19.3. The first-order chi connectivity index (χ1) is 12.2. The average molecular weight is 364 g/mol. The number of carboxylic acid groups (broad SMARTS) is 1. The lowest BCUT2D eigenvalue weighted by molar-refractivity contribution is -0.160. The molecule has 144 valence electrons. The van der Waals surface area contributed by atoms with Gasteiger partial charge in [0.25, 0.3) is 0 Å². The number of rotatable bonds is 6. The topological polar surface area (TPSA) is 88.1 Å². The standard InChI is InChI=1S/C19H28N2O5/c1-13-15(18(23)24)9-14(10-16(13)21-7-5-20-6-8-21)11-25-12-17(22)26-19(2,3)4/h9-10,20H,5-8,11-12H2,1-4H3,(H,23,24). The minimum atomic E-state index is -0.965. The van der Waals surface area contributed by atoms with E-state index in [1.54, 1.807) is 26.8 Å². The number of hydrogen-bond acceptors (Lipinski definition) is 6. The molecule has 7 nitrogen and oxygen atoms in total. The lowest BCUT2D eigenvalue weighted by Gasteiger charge is -2.31. The Bertz CT molecular complexity index is 661. The van der Waals surface area contributed by atoms with Crippen LogP contribution < -0.4 is 10.2 Å². The van der Waals surface area contributed by atoms with Gasteiger partial charge in [-0.2, -0.15) is 0 Å². The van der Waals surface area contributed by atoms with Crippen molar-refractivity contribution in [3.63, 3.8) is 0 Å². The van der Waals surface area contributed by atoms with Gasteiger partial charge in [0.05, 0.1) is 12.2 Å². The Morgan fingerprint density at radius 3 is 2.46 bits per heavy atom. The Balaban J connectivity index is 2.11. The second kappa shape index (κ2) is 8.51. The zero-order valence-corrected chi connectivity index (χ0v) is 15.9. The minimum absolute atomic E-state index is 0.152. The van der Waals surface area contributed by atoms with Crippen LogP contribution >= 0.6 is 0 Å². The van der Waals surface area contributed by atoms with E-state index in [0.717, 1.165) is 43.0 Å². The Morgan fingerprint density at radius 2 is 1.88 bits per heavy atom. The highest BCUT2D eigenvalue weighted by Crippen LogP contribution is 2.26. The average Bonchev–Trinajstić information content (AvgIpc) is 2.55. The summed E-state index contributed by atoms with van der Waals surface area (Å²) in [5, 5.41) is 12.8. The van der Waals surface area contributed by atoms with Gasteiger partial charge in [0, 0.05) is 31.9 Å². The molecule has 1 heterocycles. The van der Waals surface area contributed by atoms with Gasteiger partial charge in [0.15, 0.2) is 0 Å². The summed E-state index contributed by atoms with van der Waals surface area (Å²) in [7, 11) is 0. The molecule has 0 radical (unpaired) electrons. The molecule has 1 fully saturated rings. The number of piperazine rings is 1. The molecule has 1 aliphatic heterocycles. The van der Waals surface area contributed by atoms with E-state index in [4.69, 9.17) is 9.47 Å². The summed E-state index contributed by atoms with van der Waals surface area (Å²) in [6.07, 6.45) is 0. The first-order valence-electron chi connectivity index (χ1n) is 8.79. The molecule has 1 aromatic carbocycles. The summed E-state index contributed by atoms with van der Waals surface area (Å²) in [6.45, 7) is 10.6. The number of aromatic carboxylic acids is 1. The third kappa shape index (κ3) is 5.71. The largest absolute Gasteiger partial charge is 0.478 e. The Morgan fingerprint density at radius 1 is 1.23 bits per heavy atom. The monoisotopic (exact) mass is 364 g/mol. The zero-order valence-electron chi connectivity index (χ0n) is 15.9. The summed E-state index contributed by atoms with van der Waals surface area (Å²) in [5.74, 6) is -1.40. The van der Waals surface area contributed by atoms with Crippen LogP contribution in [0.4, 0.5) is 5.69 Å². The van der Waals surface area contributed by atoms with Crippen molar-refractivity contribution in [1.82, 2.24) is 5.32 Å². The van der Waals surface area contributed by atoms with Crippen LogP contribution in [0.1, 0.15) is 42.3 Å². The van der Waals surface area contributed by atoms with Crippen LogP contribution in [0.25, 0.3) is 0 Å². The predicted molar refractivity (Wildman–Crippen MR) is 98.7 cm³/mol. The second-order valence-corrected chi connectivity index (χ2v) is 7.41. The Kier molecular flexibility index (Phi) is 6.61. The molecule has 2 N–H and O–H groups in total. The first kappa shape index (κ1) is 20.2. The number of nitrogens with zero attached hydrogens (tertiary/aromatic N) is 1. The van der Waals surface area contributed by atoms with E-state index in [2.05, 4.69) is 10.2 Å². The molecule has 0 saturated carbocycles. The van der Waals surface area contributed by atoms with Crippen molar-refractivity contribution in [3.8, 4) is 0 Å². The number of nitrogens with one attached hydrogen (secondary N) is 1. The molecule has 1 aromatic rings. The fourth-order valence-electron chi connectivity index (χ4n) is 2.92. The number of carboxylic acids is 1. The van der Waals surface area contributed by atoms with Gasteiger partial charge in [-0.25, -0.2) is 9.59 Å². The van der Waals surface area contributed by atoms with Gasteiger partial charge in [0.2, 0.25) is 0 Å². The predicted octanol–water partition coefficient (Wildman–Crippen LogP) is 1.96. The highest BCUT2D eigenvalue weighted by Gasteiger charge is 2.20. The van der Waals surface area contributed by atoms with Gasteiger partial charge in [-0.3, -0.25) is 0 Å². The molecule has 0 atom stereocenters. The molecular formula is C19H28N2O5.